The van der Waals surface area contributed by atoms with Crippen molar-refractivity contribution in [1.29, 1.82) is 0 Å². The molecule has 4 rings (SSSR count). The molecule has 0 amide bonds. The highest BCUT2D eigenvalue weighted by Crippen LogP contribution is 2.25. The third-order valence-corrected chi connectivity index (χ3v) is 5.87. The first-order valence-electron chi connectivity index (χ1n) is 8.65. The summed E-state index contributed by atoms with van der Waals surface area (Å²) in [4.78, 5) is 41.9. The van der Waals surface area contributed by atoms with E-state index in [2.05, 4.69) is 25.0 Å². The Hall–Kier alpha value is -3.14. The zero-order chi connectivity index (χ0) is 20.0. The summed E-state index contributed by atoms with van der Waals surface area (Å²) in [5, 5.41) is 4.70. The number of aryl methyl sites for hydroxylation is 4. The maximum Gasteiger partial charge on any atom is 0.310 e. The van der Waals surface area contributed by atoms with Crippen LogP contribution in [0, 0.1) is 27.7 Å². The number of thiophene rings is 1. The smallest absolute Gasteiger partial charge is 0.310 e. The predicted molar refractivity (Wildman–Crippen MR) is 103 cm³/mol. The Morgan fingerprint density at radius 2 is 2.04 bits per heavy atom. The molecule has 10 heteroatoms. The standard InChI is InChI=1S/C18H18N6O3S/c1-8-11(4)28-17-15(8)16(26)22-13(23-17)6-27-14(25)5-12-9(2)21-18-19-7-20-24(18)10(12)3/h7H,5-6H2,1-4H3,(H,22,23,26). The molecule has 0 radical (unpaired) electrons. The van der Waals surface area contributed by atoms with Gasteiger partial charge in [-0.2, -0.15) is 10.1 Å². The van der Waals surface area contributed by atoms with Gasteiger partial charge in [-0.3, -0.25) is 9.59 Å². The summed E-state index contributed by atoms with van der Waals surface area (Å²) in [5.41, 5.74) is 2.94. The lowest BCUT2D eigenvalue weighted by Crippen LogP contribution is -2.16. The zero-order valence-electron chi connectivity index (χ0n) is 15.9. The summed E-state index contributed by atoms with van der Waals surface area (Å²) < 4.78 is 6.92. The highest BCUT2D eigenvalue weighted by molar-refractivity contribution is 7.18. The molecule has 0 bridgehead atoms. The monoisotopic (exact) mass is 398 g/mol. The van der Waals surface area contributed by atoms with E-state index < -0.39 is 5.97 Å². The maximum absolute atomic E-state index is 12.4. The quantitative estimate of drug-likeness (QED) is 0.522. The molecule has 144 valence electrons. The summed E-state index contributed by atoms with van der Waals surface area (Å²) in [7, 11) is 0. The number of fused-ring (bicyclic) bond motifs is 2. The van der Waals surface area contributed by atoms with Crippen molar-refractivity contribution >= 4 is 33.3 Å². The minimum Gasteiger partial charge on any atom is -0.457 e. The number of esters is 1. The first-order valence-corrected chi connectivity index (χ1v) is 9.47. The molecule has 0 unspecified atom stereocenters. The van der Waals surface area contributed by atoms with Crippen molar-refractivity contribution in [2.45, 2.75) is 40.7 Å². The molecule has 0 aliphatic heterocycles. The third-order valence-electron chi connectivity index (χ3n) is 4.77. The second-order valence-electron chi connectivity index (χ2n) is 6.55. The van der Waals surface area contributed by atoms with Crippen LogP contribution in [0.3, 0.4) is 0 Å². The molecule has 1 N–H and O–H groups in total. The number of aromatic nitrogens is 6. The second kappa shape index (κ2) is 6.79. The number of carbonyl (C=O) groups is 1. The molecule has 4 heterocycles. The molecule has 0 aliphatic carbocycles. The molecule has 0 saturated heterocycles. The van der Waals surface area contributed by atoms with Crippen LogP contribution in [0.15, 0.2) is 11.1 Å². The Morgan fingerprint density at radius 1 is 1.25 bits per heavy atom. The van der Waals surface area contributed by atoms with Gasteiger partial charge < -0.3 is 9.72 Å². The Bertz CT molecular complexity index is 1290. The fourth-order valence-corrected chi connectivity index (χ4v) is 4.17. The van der Waals surface area contributed by atoms with Gasteiger partial charge >= 0.3 is 5.97 Å². The van der Waals surface area contributed by atoms with Crippen molar-refractivity contribution in [1.82, 2.24) is 29.5 Å². The van der Waals surface area contributed by atoms with Gasteiger partial charge in [-0.25, -0.2) is 14.5 Å². The zero-order valence-corrected chi connectivity index (χ0v) is 16.7. The van der Waals surface area contributed by atoms with Crippen LogP contribution in [0.4, 0.5) is 0 Å². The topological polar surface area (TPSA) is 115 Å². The molecule has 28 heavy (non-hydrogen) atoms. The van der Waals surface area contributed by atoms with Gasteiger partial charge in [-0.15, -0.1) is 11.3 Å². The Balaban J connectivity index is 1.52. The number of nitrogens with zero attached hydrogens (tertiary/aromatic N) is 5. The van der Waals surface area contributed by atoms with Crippen LogP contribution < -0.4 is 5.56 Å². The average Bonchev–Trinajstić information content (AvgIpc) is 3.21. The van der Waals surface area contributed by atoms with E-state index in [4.69, 9.17) is 4.74 Å². The second-order valence-corrected chi connectivity index (χ2v) is 7.75. The number of ether oxygens (including phenoxy) is 1. The molecule has 0 atom stereocenters. The third kappa shape index (κ3) is 3.05. The molecule has 0 saturated carbocycles. The average molecular weight is 398 g/mol. The number of H-pyrrole nitrogens is 1. The lowest BCUT2D eigenvalue weighted by molar-refractivity contribution is -0.144. The first-order chi connectivity index (χ1) is 13.3. The van der Waals surface area contributed by atoms with E-state index in [0.717, 1.165) is 21.7 Å². The van der Waals surface area contributed by atoms with Crippen molar-refractivity contribution in [3.8, 4) is 0 Å². The van der Waals surface area contributed by atoms with Crippen LogP contribution in [0.25, 0.3) is 16.0 Å². The minimum atomic E-state index is -0.436. The van der Waals surface area contributed by atoms with Gasteiger partial charge in [0, 0.05) is 21.8 Å². The highest BCUT2D eigenvalue weighted by atomic mass is 32.1. The molecule has 0 spiro atoms. The maximum atomic E-state index is 12.4. The van der Waals surface area contributed by atoms with Crippen LogP contribution >= 0.6 is 11.3 Å². The summed E-state index contributed by atoms with van der Waals surface area (Å²) in [6.07, 6.45) is 1.47. The number of nitrogens with one attached hydrogen (secondary N) is 1. The van der Waals surface area contributed by atoms with Crippen LogP contribution in [0.5, 0.6) is 0 Å². The largest absolute Gasteiger partial charge is 0.457 e. The van der Waals surface area contributed by atoms with Gasteiger partial charge in [-0.1, -0.05) is 0 Å². The fourth-order valence-electron chi connectivity index (χ4n) is 3.12. The van der Waals surface area contributed by atoms with E-state index in [1.54, 1.807) is 4.52 Å². The van der Waals surface area contributed by atoms with Crippen molar-refractivity contribution in [3.05, 3.63) is 49.9 Å². The Labute approximate surface area is 163 Å². The number of aromatic amines is 1. The number of hydrogen-bond acceptors (Lipinski definition) is 8. The molecule has 0 aliphatic rings. The Kier molecular flexibility index (Phi) is 4.42. The van der Waals surface area contributed by atoms with Crippen LogP contribution in [-0.2, 0) is 22.6 Å². The van der Waals surface area contributed by atoms with Gasteiger partial charge in [0.15, 0.2) is 0 Å². The lowest BCUT2D eigenvalue weighted by atomic mass is 10.1. The summed E-state index contributed by atoms with van der Waals surface area (Å²) in [5.74, 6) is 0.378. The highest BCUT2D eigenvalue weighted by Gasteiger charge is 2.16. The summed E-state index contributed by atoms with van der Waals surface area (Å²) in [6.45, 7) is 7.42. The van der Waals surface area contributed by atoms with Crippen molar-refractivity contribution < 1.29 is 9.53 Å². The summed E-state index contributed by atoms with van der Waals surface area (Å²) in [6, 6.07) is 0. The van der Waals surface area contributed by atoms with E-state index in [1.807, 2.05) is 27.7 Å². The number of hydrogen-bond donors (Lipinski definition) is 1. The van der Waals surface area contributed by atoms with Gasteiger partial charge in [0.25, 0.3) is 11.3 Å². The Morgan fingerprint density at radius 3 is 2.82 bits per heavy atom. The number of carbonyl (C=O) groups excluding carboxylic acids is 1. The molecule has 0 fully saturated rings. The number of rotatable bonds is 4. The molecule has 0 aromatic carbocycles. The SMILES string of the molecule is Cc1nc2ncnn2c(C)c1CC(=O)OCc1nc2sc(C)c(C)c2c(=O)[nH]1. The lowest BCUT2D eigenvalue weighted by Gasteiger charge is -2.10. The molecular formula is C18H18N6O3S. The predicted octanol–water partition coefficient (Wildman–Crippen LogP) is 1.94. The molecule has 4 aromatic heterocycles. The van der Waals surface area contributed by atoms with Crippen LogP contribution in [0.1, 0.15) is 33.2 Å². The van der Waals surface area contributed by atoms with Crippen molar-refractivity contribution in [2.24, 2.45) is 0 Å². The minimum absolute atomic E-state index is 0.0458. The summed E-state index contributed by atoms with van der Waals surface area (Å²) >= 11 is 1.45. The van der Waals surface area contributed by atoms with E-state index >= 15 is 0 Å². The van der Waals surface area contributed by atoms with Gasteiger partial charge in [0.2, 0.25) is 0 Å². The van der Waals surface area contributed by atoms with E-state index in [0.29, 0.717) is 27.5 Å². The van der Waals surface area contributed by atoms with Gasteiger partial charge in [-0.05, 0) is 33.3 Å². The normalized spacial score (nSPS) is 11.4. The first kappa shape index (κ1) is 18.2. The molecule has 9 nitrogen and oxygen atoms in total. The van der Waals surface area contributed by atoms with Crippen molar-refractivity contribution in [3.63, 3.8) is 0 Å². The molecular weight excluding hydrogens is 380 g/mol. The fraction of sp³-hybridized carbons (Fsp3) is 0.333. The molecule has 4 aromatic rings. The van der Waals surface area contributed by atoms with Crippen LogP contribution in [-0.4, -0.2) is 35.5 Å². The van der Waals surface area contributed by atoms with E-state index in [9.17, 15) is 9.59 Å². The van der Waals surface area contributed by atoms with Gasteiger partial charge in [0.05, 0.1) is 11.8 Å². The van der Waals surface area contributed by atoms with Crippen LogP contribution in [0.2, 0.25) is 0 Å². The van der Waals surface area contributed by atoms with E-state index in [1.165, 1.54) is 17.7 Å². The van der Waals surface area contributed by atoms with Crippen molar-refractivity contribution in [2.75, 3.05) is 0 Å². The van der Waals surface area contributed by atoms with Gasteiger partial charge in [0.1, 0.15) is 23.6 Å². The van der Waals surface area contributed by atoms with E-state index in [-0.39, 0.29) is 18.6 Å².